The smallest absolute Gasteiger partial charge is 0.277 e. The SMILES string of the molecule is O=C(CSc1nnc(-c2cccc(F)c2)o1)Nc1ccc(N2CCN(C(=O)c3ccccc3)CC2)cc1. The first-order chi connectivity index (χ1) is 18.0. The second-order valence-electron chi connectivity index (χ2n) is 8.41. The van der Waals surface area contributed by atoms with Gasteiger partial charge in [0, 0.05) is 48.7 Å². The summed E-state index contributed by atoms with van der Waals surface area (Å²) in [5.74, 6) is -0.263. The topological polar surface area (TPSA) is 91.6 Å². The van der Waals surface area contributed by atoms with E-state index >= 15 is 0 Å². The number of piperazine rings is 1. The van der Waals surface area contributed by atoms with Gasteiger partial charge < -0.3 is 19.5 Å². The number of carbonyl (C=O) groups excluding carboxylic acids is 2. The third kappa shape index (κ3) is 6.15. The Bertz CT molecular complexity index is 1370. The molecule has 0 saturated carbocycles. The van der Waals surface area contributed by atoms with Gasteiger partial charge in [-0.15, -0.1) is 10.2 Å². The summed E-state index contributed by atoms with van der Waals surface area (Å²) in [5.41, 5.74) is 2.90. The molecule has 0 radical (unpaired) electrons. The summed E-state index contributed by atoms with van der Waals surface area (Å²) in [5, 5.41) is 10.9. The van der Waals surface area contributed by atoms with Crippen molar-refractivity contribution in [2.24, 2.45) is 0 Å². The maximum atomic E-state index is 13.4. The van der Waals surface area contributed by atoms with E-state index in [1.807, 2.05) is 59.5 Å². The number of nitrogens with zero attached hydrogens (tertiary/aromatic N) is 4. The molecular formula is C27H24FN5O3S. The van der Waals surface area contributed by atoms with E-state index in [9.17, 15) is 14.0 Å². The molecule has 0 spiro atoms. The van der Waals surface area contributed by atoms with Gasteiger partial charge in [0.25, 0.3) is 11.1 Å². The van der Waals surface area contributed by atoms with Crippen LogP contribution in [0.15, 0.2) is 88.5 Å². The van der Waals surface area contributed by atoms with Crippen molar-refractivity contribution in [3.05, 3.63) is 90.2 Å². The van der Waals surface area contributed by atoms with Crippen LogP contribution in [0.5, 0.6) is 0 Å². The minimum Gasteiger partial charge on any atom is -0.411 e. The largest absolute Gasteiger partial charge is 0.411 e. The number of nitrogens with one attached hydrogen (secondary N) is 1. The molecule has 10 heteroatoms. The summed E-state index contributed by atoms with van der Waals surface area (Å²) in [6, 6.07) is 22.8. The molecule has 2 heterocycles. The van der Waals surface area contributed by atoms with Gasteiger partial charge in [-0.2, -0.15) is 0 Å². The lowest BCUT2D eigenvalue weighted by Gasteiger charge is -2.36. The zero-order chi connectivity index (χ0) is 25.6. The molecule has 3 aromatic carbocycles. The Labute approximate surface area is 217 Å². The lowest BCUT2D eigenvalue weighted by molar-refractivity contribution is -0.113. The van der Waals surface area contributed by atoms with Crippen LogP contribution in [0.1, 0.15) is 10.4 Å². The fourth-order valence-corrected chi connectivity index (χ4v) is 4.58. The molecule has 1 N–H and O–H groups in total. The Morgan fingerprint density at radius 2 is 1.68 bits per heavy atom. The van der Waals surface area contributed by atoms with E-state index in [0.717, 1.165) is 30.5 Å². The van der Waals surface area contributed by atoms with Gasteiger partial charge in [0.05, 0.1) is 5.75 Å². The zero-order valence-corrected chi connectivity index (χ0v) is 20.7. The number of halogens is 1. The van der Waals surface area contributed by atoms with Crippen molar-refractivity contribution >= 4 is 35.0 Å². The maximum Gasteiger partial charge on any atom is 0.277 e. The van der Waals surface area contributed by atoms with Gasteiger partial charge in [0.2, 0.25) is 11.8 Å². The molecule has 1 saturated heterocycles. The van der Waals surface area contributed by atoms with Crippen molar-refractivity contribution in [1.82, 2.24) is 15.1 Å². The fraction of sp³-hybridized carbons (Fsp3) is 0.185. The van der Waals surface area contributed by atoms with Crippen LogP contribution in [0.25, 0.3) is 11.5 Å². The molecule has 0 atom stereocenters. The highest BCUT2D eigenvalue weighted by atomic mass is 32.2. The molecule has 1 fully saturated rings. The van der Waals surface area contributed by atoms with Crippen LogP contribution in [0, 0.1) is 5.82 Å². The number of hydrogen-bond donors (Lipinski definition) is 1. The third-order valence-electron chi connectivity index (χ3n) is 5.91. The van der Waals surface area contributed by atoms with E-state index in [4.69, 9.17) is 4.42 Å². The highest BCUT2D eigenvalue weighted by Crippen LogP contribution is 2.24. The molecule has 0 bridgehead atoms. The van der Waals surface area contributed by atoms with Crippen molar-refractivity contribution in [3.8, 4) is 11.5 Å². The lowest BCUT2D eigenvalue weighted by Crippen LogP contribution is -2.48. The molecule has 1 aliphatic rings. The molecule has 37 heavy (non-hydrogen) atoms. The summed E-state index contributed by atoms with van der Waals surface area (Å²) < 4.78 is 18.9. The third-order valence-corrected chi connectivity index (χ3v) is 6.73. The monoisotopic (exact) mass is 517 g/mol. The van der Waals surface area contributed by atoms with E-state index in [2.05, 4.69) is 20.4 Å². The Morgan fingerprint density at radius 1 is 0.919 bits per heavy atom. The molecule has 0 unspecified atom stereocenters. The van der Waals surface area contributed by atoms with E-state index in [0.29, 0.717) is 29.9 Å². The Balaban J connectivity index is 1.09. The molecule has 0 aliphatic carbocycles. The van der Waals surface area contributed by atoms with Crippen LogP contribution in [-0.2, 0) is 4.79 Å². The summed E-state index contributed by atoms with van der Waals surface area (Å²) in [6.45, 7) is 2.78. The minimum absolute atomic E-state index is 0.0573. The van der Waals surface area contributed by atoms with Crippen LogP contribution in [0.2, 0.25) is 0 Å². The normalized spacial score (nSPS) is 13.4. The summed E-state index contributed by atoms with van der Waals surface area (Å²) in [4.78, 5) is 29.1. The van der Waals surface area contributed by atoms with Gasteiger partial charge in [-0.05, 0) is 54.6 Å². The van der Waals surface area contributed by atoms with Crippen molar-refractivity contribution in [2.45, 2.75) is 5.22 Å². The second kappa shape index (κ2) is 11.3. The Hall–Kier alpha value is -4.18. The molecule has 5 rings (SSSR count). The van der Waals surface area contributed by atoms with Crippen LogP contribution >= 0.6 is 11.8 Å². The molecule has 8 nitrogen and oxygen atoms in total. The summed E-state index contributed by atoms with van der Waals surface area (Å²) in [6.07, 6.45) is 0. The van der Waals surface area contributed by atoms with Gasteiger partial charge in [-0.25, -0.2) is 4.39 Å². The second-order valence-corrected chi connectivity index (χ2v) is 9.34. The van der Waals surface area contributed by atoms with Gasteiger partial charge in [0.1, 0.15) is 5.82 Å². The number of hydrogen-bond acceptors (Lipinski definition) is 7. The Morgan fingerprint density at radius 3 is 2.41 bits per heavy atom. The first kappa shape index (κ1) is 24.5. The predicted molar refractivity (Wildman–Crippen MR) is 140 cm³/mol. The number of aromatic nitrogens is 2. The van der Waals surface area contributed by atoms with Gasteiger partial charge in [-0.1, -0.05) is 36.0 Å². The van der Waals surface area contributed by atoms with Crippen molar-refractivity contribution in [2.75, 3.05) is 42.1 Å². The van der Waals surface area contributed by atoms with Crippen LogP contribution in [-0.4, -0.2) is 58.8 Å². The predicted octanol–water partition coefficient (Wildman–Crippen LogP) is 4.57. The average Bonchev–Trinajstić information content (AvgIpc) is 3.42. The van der Waals surface area contributed by atoms with E-state index in [1.165, 1.54) is 12.1 Å². The molecule has 2 amide bonds. The molecule has 1 aromatic heterocycles. The molecular weight excluding hydrogens is 493 g/mol. The minimum atomic E-state index is -0.393. The Kier molecular flexibility index (Phi) is 7.46. The first-order valence-corrected chi connectivity index (χ1v) is 12.8. The van der Waals surface area contributed by atoms with E-state index < -0.39 is 5.82 Å². The van der Waals surface area contributed by atoms with Crippen molar-refractivity contribution < 1.29 is 18.4 Å². The van der Waals surface area contributed by atoms with Crippen LogP contribution in [0.4, 0.5) is 15.8 Å². The van der Waals surface area contributed by atoms with Crippen molar-refractivity contribution in [3.63, 3.8) is 0 Å². The highest BCUT2D eigenvalue weighted by Gasteiger charge is 2.22. The molecule has 4 aromatic rings. The fourth-order valence-electron chi connectivity index (χ4n) is 4.02. The van der Waals surface area contributed by atoms with Crippen LogP contribution in [0.3, 0.4) is 0 Å². The quantitative estimate of drug-likeness (QED) is 0.359. The number of rotatable bonds is 7. The summed E-state index contributed by atoms with van der Waals surface area (Å²) >= 11 is 1.11. The molecule has 188 valence electrons. The first-order valence-electron chi connectivity index (χ1n) is 11.8. The standard InChI is InChI=1S/C27H24FN5O3S/c28-21-8-4-7-20(17-21)25-30-31-27(36-25)37-18-24(34)29-22-9-11-23(12-10-22)32-13-15-33(16-14-32)26(35)19-5-2-1-3-6-19/h1-12,17H,13-16,18H2,(H,29,34). The number of thioether (sulfide) groups is 1. The number of amides is 2. The van der Waals surface area contributed by atoms with Gasteiger partial charge in [-0.3, -0.25) is 9.59 Å². The highest BCUT2D eigenvalue weighted by molar-refractivity contribution is 7.99. The number of benzene rings is 3. The number of carbonyl (C=O) groups is 2. The number of anilines is 2. The maximum absolute atomic E-state index is 13.4. The van der Waals surface area contributed by atoms with E-state index in [-0.39, 0.29) is 28.7 Å². The van der Waals surface area contributed by atoms with E-state index in [1.54, 1.807) is 12.1 Å². The lowest BCUT2D eigenvalue weighted by atomic mass is 10.1. The summed E-state index contributed by atoms with van der Waals surface area (Å²) in [7, 11) is 0. The van der Waals surface area contributed by atoms with Crippen LogP contribution < -0.4 is 10.2 Å². The van der Waals surface area contributed by atoms with Gasteiger partial charge >= 0.3 is 0 Å². The van der Waals surface area contributed by atoms with Crippen molar-refractivity contribution in [1.29, 1.82) is 0 Å². The van der Waals surface area contributed by atoms with Gasteiger partial charge in [0.15, 0.2) is 0 Å². The average molecular weight is 518 g/mol. The zero-order valence-electron chi connectivity index (χ0n) is 19.8. The molecule has 1 aliphatic heterocycles.